The molecule has 2 aromatic carbocycles. The van der Waals surface area contributed by atoms with Gasteiger partial charge < -0.3 is 4.90 Å². The van der Waals surface area contributed by atoms with Gasteiger partial charge in [-0.15, -0.1) is 0 Å². The maximum atomic E-state index is 2.21. The molecule has 0 saturated heterocycles. The van der Waals surface area contributed by atoms with Crippen LogP contribution in [0.15, 0.2) is 48.5 Å². The first-order valence-electron chi connectivity index (χ1n) is 6.18. The van der Waals surface area contributed by atoms with Crippen LogP contribution < -0.4 is 4.90 Å². The van der Waals surface area contributed by atoms with Gasteiger partial charge in [-0.3, -0.25) is 0 Å². The molecule has 0 spiro atoms. The lowest BCUT2D eigenvalue weighted by Crippen LogP contribution is -2.08. The fourth-order valence-electron chi connectivity index (χ4n) is 1.88. The molecule has 0 unspecified atom stereocenters. The average molecular weight is 237 g/mol. The molecule has 0 N–H and O–H groups in total. The summed E-state index contributed by atoms with van der Waals surface area (Å²) in [6, 6.07) is 16.9. The second-order valence-corrected chi connectivity index (χ2v) is 4.68. The highest BCUT2D eigenvalue weighted by atomic mass is 15.1. The van der Waals surface area contributed by atoms with E-state index in [4.69, 9.17) is 0 Å². The maximum absolute atomic E-state index is 2.21. The molecular weight excluding hydrogens is 218 g/mol. The van der Waals surface area contributed by atoms with E-state index < -0.39 is 0 Å². The quantitative estimate of drug-likeness (QED) is 0.722. The molecule has 0 heterocycles. The molecule has 0 aliphatic carbocycles. The molecule has 2 rings (SSSR count). The third kappa shape index (κ3) is 3.01. The number of hydrogen-bond donors (Lipinski definition) is 0. The highest BCUT2D eigenvalue weighted by Gasteiger charge is 1.98. The predicted octanol–water partition coefficient (Wildman–Crippen LogP) is 4.23. The van der Waals surface area contributed by atoms with Crippen molar-refractivity contribution in [3.8, 4) is 0 Å². The SMILES string of the molecule is Cc1cc(N(C)C)ccc1C=Cc1ccccc1. The maximum Gasteiger partial charge on any atom is 0.0364 e. The van der Waals surface area contributed by atoms with Gasteiger partial charge in [-0.05, 0) is 35.7 Å². The molecule has 0 atom stereocenters. The van der Waals surface area contributed by atoms with E-state index in [2.05, 4.69) is 80.5 Å². The molecule has 0 aliphatic heterocycles. The van der Waals surface area contributed by atoms with Crippen molar-refractivity contribution in [2.45, 2.75) is 6.92 Å². The third-order valence-corrected chi connectivity index (χ3v) is 3.02. The van der Waals surface area contributed by atoms with Crippen LogP contribution in [0.25, 0.3) is 12.2 Å². The van der Waals surface area contributed by atoms with Gasteiger partial charge in [0, 0.05) is 19.8 Å². The Morgan fingerprint density at radius 2 is 1.61 bits per heavy atom. The molecule has 0 aromatic heterocycles. The Balaban J connectivity index is 2.22. The summed E-state index contributed by atoms with van der Waals surface area (Å²) in [7, 11) is 4.13. The molecule has 18 heavy (non-hydrogen) atoms. The first-order chi connectivity index (χ1) is 8.66. The number of rotatable bonds is 3. The fraction of sp³-hybridized carbons (Fsp3) is 0.176. The number of nitrogens with zero attached hydrogens (tertiary/aromatic N) is 1. The molecule has 0 fully saturated rings. The van der Waals surface area contributed by atoms with Crippen molar-refractivity contribution >= 4 is 17.8 Å². The zero-order valence-electron chi connectivity index (χ0n) is 11.2. The van der Waals surface area contributed by atoms with Crippen molar-refractivity contribution in [2.24, 2.45) is 0 Å². The normalized spacial score (nSPS) is 10.8. The Hall–Kier alpha value is -2.02. The van der Waals surface area contributed by atoms with Crippen molar-refractivity contribution in [1.82, 2.24) is 0 Å². The smallest absolute Gasteiger partial charge is 0.0364 e. The van der Waals surface area contributed by atoms with Crippen LogP contribution in [0.3, 0.4) is 0 Å². The zero-order chi connectivity index (χ0) is 13.0. The van der Waals surface area contributed by atoms with Crippen LogP contribution in [0.1, 0.15) is 16.7 Å². The van der Waals surface area contributed by atoms with Gasteiger partial charge in [0.1, 0.15) is 0 Å². The highest BCUT2D eigenvalue weighted by Crippen LogP contribution is 2.19. The van der Waals surface area contributed by atoms with Crippen molar-refractivity contribution in [3.63, 3.8) is 0 Å². The Labute approximate surface area is 109 Å². The van der Waals surface area contributed by atoms with E-state index in [0.29, 0.717) is 0 Å². The van der Waals surface area contributed by atoms with Gasteiger partial charge in [0.15, 0.2) is 0 Å². The number of benzene rings is 2. The predicted molar refractivity (Wildman–Crippen MR) is 80.9 cm³/mol. The number of anilines is 1. The van der Waals surface area contributed by atoms with Crippen molar-refractivity contribution in [3.05, 3.63) is 65.2 Å². The van der Waals surface area contributed by atoms with Crippen LogP contribution >= 0.6 is 0 Å². The van der Waals surface area contributed by atoms with Crippen LogP contribution in [0, 0.1) is 6.92 Å². The molecule has 0 bridgehead atoms. The zero-order valence-corrected chi connectivity index (χ0v) is 11.2. The summed E-state index contributed by atoms with van der Waals surface area (Å²) in [5, 5.41) is 0. The van der Waals surface area contributed by atoms with E-state index in [1.807, 2.05) is 6.07 Å². The van der Waals surface area contributed by atoms with E-state index in [-0.39, 0.29) is 0 Å². The van der Waals surface area contributed by atoms with E-state index >= 15 is 0 Å². The van der Waals surface area contributed by atoms with E-state index in [1.165, 1.54) is 22.4 Å². The minimum atomic E-state index is 1.23. The van der Waals surface area contributed by atoms with E-state index in [9.17, 15) is 0 Å². The third-order valence-electron chi connectivity index (χ3n) is 3.02. The average Bonchev–Trinajstić information content (AvgIpc) is 2.38. The molecular formula is C17H19N. The minimum absolute atomic E-state index is 1.23. The molecule has 92 valence electrons. The van der Waals surface area contributed by atoms with Gasteiger partial charge in [-0.25, -0.2) is 0 Å². The van der Waals surface area contributed by atoms with Gasteiger partial charge in [-0.2, -0.15) is 0 Å². The van der Waals surface area contributed by atoms with Crippen molar-refractivity contribution in [2.75, 3.05) is 19.0 Å². The van der Waals surface area contributed by atoms with Crippen LogP contribution in [-0.2, 0) is 0 Å². The van der Waals surface area contributed by atoms with Gasteiger partial charge in [0.25, 0.3) is 0 Å². The van der Waals surface area contributed by atoms with E-state index in [0.717, 1.165) is 0 Å². The summed E-state index contributed by atoms with van der Waals surface area (Å²) in [4.78, 5) is 2.12. The summed E-state index contributed by atoms with van der Waals surface area (Å²) in [5.74, 6) is 0. The van der Waals surface area contributed by atoms with Gasteiger partial charge in [0.2, 0.25) is 0 Å². The Bertz CT molecular complexity index is 539. The second-order valence-electron chi connectivity index (χ2n) is 4.68. The standard InChI is InChI=1S/C17H19N/c1-14-13-17(18(2)3)12-11-16(14)10-9-15-7-5-4-6-8-15/h4-13H,1-3H3. The molecule has 0 saturated carbocycles. The van der Waals surface area contributed by atoms with Gasteiger partial charge in [0.05, 0.1) is 0 Å². The Morgan fingerprint density at radius 1 is 0.889 bits per heavy atom. The van der Waals surface area contributed by atoms with E-state index in [1.54, 1.807) is 0 Å². The van der Waals surface area contributed by atoms with Crippen LogP contribution in [-0.4, -0.2) is 14.1 Å². The molecule has 1 nitrogen and oxygen atoms in total. The summed E-state index contributed by atoms with van der Waals surface area (Å²) in [6.45, 7) is 2.15. The summed E-state index contributed by atoms with van der Waals surface area (Å²) >= 11 is 0. The lowest BCUT2D eigenvalue weighted by molar-refractivity contribution is 1.13. The molecule has 1 heteroatoms. The minimum Gasteiger partial charge on any atom is -0.378 e. The Morgan fingerprint density at radius 3 is 2.22 bits per heavy atom. The van der Waals surface area contributed by atoms with Crippen LogP contribution in [0.5, 0.6) is 0 Å². The first-order valence-corrected chi connectivity index (χ1v) is 6.18. The van der Waals surface area contributed by atoms with Gasteiger partial charge >= 0.3 is 0 Å². The van der Waals surface area contributed by atoms with Crippen LogP contribution in [0.2, 0.25) is 0 Å². The largest absolute Gasteiger partial charge is 0.378 e. The highest BCUT2D eigenvalue weighted by molar-refractivity contribution is 5.72. The first kappa shape index (κ1) is 12.4. The monoisotopic (exact) mass is 237 g/mol. The summed E-state index contributed by atoms with van der Waals surface area (Å²) in [6.07, 6.45) is 4.32. The van der Waals surface area contributed by atoms with Crippen molar-refractivity contribution < 1.29 is 0 Å². The molecule has 0 radical (unpaired) electrons. The molecule has 2 aromatic rings. The van der Waals surface area contributed by atoms with Crippen LogP contribution in [0.4, 0.5) is 5.69 Å². The lowest BCUT2D eigenvalue weighted by atomic mass is 10.1. The topological polar surface area (TPSA) is 3.24 Å². The molecule has 0 aliphatic rings. The number of hydrogen-bond acceptors (Lipinski definition) is 1. The number of aryl methyl sites for hydroxylation is 1. The summed E-state index contributed by atoms with van der Waals surface area (Å²) < 4.78 is 0. The second kappa shape index (κ2) is 5.54. The molecule has 0 amide bonds. The Kier molecular flexibility index (Phi) is 3.83. The lowest BCUT2D eigenvalue weighted by Gasteiger charge is -2.13. The fourth-order valence-corrected chi connectivity index (χ4v) is 1.88. The van der Waals surface area contributed by atoms with Crippen molar-refractivity contribution in [1.29, 1.82) is 0 Å². The van der Waals surface area contributed by atoms with Gasteiger partial charge in [-0.1, -0.05) is 48.6 Å². The summed E-state index contributed by atoms with van der Waals surface area (Å²) in [5.41, 5.74) is 5.04.